The smallest absolute Gasteiger partial charge is 0.335 e. The van der Waals surface area contributed by atoms with Crippen molar-refractivity contribution in [1.82, 2.24) is 14.7 Å². The maximum Gasteiger partial charge on any atom is 0.335 e. The van der Waals surface area contributed by atoms with Crippen LogP contribution in [0.3, 0.4) is 0 Å². The molecule has 202 valence electrons. The summed E-state index contributed by atoms with van der Waals surface area (Å²) in [4.78, 5) is 28.4. The second-order valence-corrected chi connectivity index (χ2v) is 12.2. The molecule has 8 rings (SSSR count). The molecule has 1 saturated carbocycles. The number of amides is 1. The lowest BCUT2D eigenvalue weighted by molar-refractivity contribution is -0.128. The Balaban J connectivity index is 1.42. The number of nitrogens with zero attached hydrogens (tertiary/aromatic N) is 3. The van der Waals surface area contributed by atoms with Crippen molar-refractivity contribution in [2.45, 2.75) is 42.8 Å². The summed E-state index contributed by atoms with van der Waals surface area (Å²) in [6, 6.07) is 14.7. The van der Waals surface area contributed by atoms with Crippen molar-refractivity contribution in [3.8, 4) is 0 Å². The molecule has 3 aliphatic heterocycles. The summed E-state index contributed by atoms with van der Waals surface area (Å²) < 4.78 is 18.0. The fourth-order valence-electron chi connectivity index (χ4n) is 7.48. The predicted octanol–water partition coefficient (Wildman–Crippen LogP) is 6.00. The van der Waals surface area contributed by atoms with Crippen molar-refractivity contribution >= 4 is 51.7 Å². The van der Waals surface area contributed by atoms with Crippen LogP contribution in [-0.4, -0.2) is 44.3 Å². The molecule has 7 nitrogen and oxygen atoms in total. The van der Waals surface area contributed by atoms with Gasteiger partial charge in [-0.1, -0.05) is 41.4 Å². The number of carboxylic acids is 1. The summed E-state index contributed by atoms with van der Waals surface area (Å²) in [6.45, 7) is 0.679. The van der Waals surface area contributed by atoms with E-state index in [1.807, 2.05) is 10.7 Å². The van der Waals surface area contributed by atoms with E-state index in [2.05, 4.69) is 10.2 Å². The van der Waals surface area contributed by atoms with E-state index in [0.29, 0.717) is 40.7 Å². The third-order valence-corrected chi connectivity index (χ3v) is 9.75. The quantitative estimate of drug-likeness (QED) is 0.311. The summed E-state index contributed by atoms with van der Waals surface area (Å²) in [6.07, 6.45) is 2.70. The lowest BCUT2D eigenvalue weighted by atomic mass is 9.73. The van der Waals surface area contributed by atoms with Crippen molar-refractivity contribution in [3.05, 3.63) is 92.8 Å². The van der Waals surface area contributed by atoms with Crippen LogP contribution in [-0.2, 0) is 16.8 Å². The number of rotatable bonds is 4. The molecule has 4 aliphatic rings. The van der Waals surface area contributed by atoms with E-state index < -0.39 is 29.3 Å². The molecular weight excluding hydrogens is 554 g/mol. The van der Waals surface area contributed by atoms with E-state index >= 15 is 4.39 Å². The van der Waals surface area contributed by atoms with Crippen LogP contribution in [0.1, 0.15) is 52.0 Å². The van der Waals surface area contributed by atoms with Crippen molar-refractivity contribution in [2.24, 2.45) is 5.92 Å². The van der Waals surface area contributed by atoms with Gasteiger partial charge in [0.05, 0.1) is 22.1 Å². The first-order valence-electron chi connectivity index (χ1n) is 13.4. The summed E-state index contributed by atoms with van der Waals surface area (Å²) >= 11 is 12.7. The molecule has 1 saturated heterocycles. The number of aromatic carboxylic acids is 1. The number of benzene rings is 3. The fraction of sp³-hybridized carbons (Fsp3) is 0.300. The summed E-state index contributed by atoms with van der Waals surface area (Å²) in [7, 11) is 0. The first-order valence-corrected chi connectivity index (χ1v) is 14.1. The maximum absolute atomic E-state index is 16.0. The second-order valence-electron chi connectivity index (χ2n) is 11.3. The minimum absolute atomic E-state index is 0.00507. The number of carboxylic acid groups (broad SMARTS) is 1. The zero-order valence-corrected chi connectivity index (χ0v) is 22.6. The van der Waals surface area contributed by atoms with E-state index in [9.17, 15) is 14.7 Å². The van der Waals surface area contributed by atoms with Gasteiger partial charge in [-0.25, -0.2) is 9.18 Å². The first-order chi connectivity index (χ1) is 19.3. The summed E-state index contributed by atoms with van der Waals surface area (Å²) in [5, 5.41) is 18.9. The number of aromatic nitrogens is 2. The highest BCUT2D eigenvalue weighted by molar-refractivity contribution is 6.31. The third-order valence-electron chi connectivity index (χ3n) is 9.23. The molecule has 1 amide bonds. The number of hydrogen-bond acceptors (Lipinski definition) is 4. The second kappa shape index (κ2) is 8.28. The van der Waals surface area contributed by atoms with Gasteiger partial charge in [-0.3, -0.25) is 14.4 Å². The number of carbonyl (C=O) groups excluding carboxylic acids is 1. The van der Waals surface area contributed by atoms with Crippen LogP contribution in [0.4, 0.5) is 10.1 Å². The summed E-state index contributed by atoms with van der Waals surface area (Å²) in [5.41, 5.74) is 2.30. The van der Waals surface area contributed by atoms with Gasteiger partial charge in [0.15, 0.2) is 0 Å². The van der Waals surface area contributed by atoms with E-state index in [1.54, 1.807) is 42.5 Å². The van der Waals surface area contributed by atoms with Crippen LogP contribution in [0.15, 0.2) is 54.6 Å². The number of anilines is 1. The molecule has 4 aromatic rings. The standard InChI is InChI=1S/C30H23Cl2FN4O3/c31-16-7-8-19-22(11-16)34-29(40)30(19)25(17-2-1-3-20(32)26(17)33)27-24(36(30)13-14-4-5-14)12-23-18-10-15(28(38)39)6-9-21(18)35-37(23)27/h1-3,6-11,14,24-25,27H,4-5,12-13H2,(H,34,40)(H,38,39)/t24-,25-,27?,30+/m0/s1. The molecule has 4 heterocycles. The molecule has 1 unspecified atom stereocenters. The molecule has 10 heteroatoms. The molecule has 0 bridgehead atoms. The lowest BCUT2D eigenvalue weighted by Crippen LogP contribution is -2.53. The van der Waals surface area contributed by atoms with Crippen molar-refractivity contribution in [1.29, 1.82) is 0 Å². The highest BCUT2D eigenvalue weighted by atomic mass is 35.5. The van der Waals surface area contributed by atoms with E-state index in [-0.39, 0.29) is 22.5 Å². The third kappa shape index (κ3) is 3.12. The molecule has 3 aromatic carbocycles. The highest BCUT2D eigenvalue weighted by Gasteiger charge is 2.69. The average Bonchev–Trinajstić information content (AvgIpc) is 3.37. The number of carbonyl (C=O) groups is 2. The van der Waals surface area contributed by atoms with Gasteiger partial charge in [-0.05, 0) is 60.7 Å². The topological polar surface area (TPSA) is 87.5 Å². The normalized spacial score (nSPS) is 26.8. The van der Waals surface area contributed by atoms with Crippen LogP contribution in [0, 0.1) is 11.7 Å². The van der Waals surface area contributed by atoms with Crippen LogP contribution < -0.4 is 5.32 Å². The van der Waals surface area contributed by atoms with Gasteiger partial charge in [-0.15, -0.1) is 0 Å². The number of fused-ring (bicyclic) bond motifs is 7. The van der Waals surface area contributed by atoms with Gasteiger partial charge in [-0.2, -0.15) is 5.10 Å². The van der Waals surface area contributed by atoms with Crippen LogP contribution in [0.25, 0.3) is 10.9 Å². The number of likely N-dealkylation sites (tertiary alicyclic amines) is 1. The van der Waals surface area contributed by atoms with Gasteiger partial charge in [0.2, 0.25) is 5.91 Å². The Labute approximate surface area is 238 Å². The Morgan fingerprint density at radius 2 is 1.98 bits per heavy atom. The van der Waals surface area contributed by atoms with Crippen molar-refractivity contribution in [2.75, 3.05) is 11.9 Å². The molecule has 1 spiro atoms. The average molecular weight is 577 g/mol. The number of halogens is 3. The molecule has 2 N–H and O–H groups in total. The van der Waals surface area contributed by atoms with E-state index in [4.69, 9.17) is 28.3 Å². The molecule has 40 heavy (non-hydrogen) atoms. The highest BCUT2D eigenvalue weighted by Crippen LogP contribution is 2.64. The molecule has 4 atom stereocenters. The predicted molar refractivity (Wildman–Crippen MR) is 149 cm³/mol. The first kappa shape index (κ1) is 24.3. The minimum Gasteiger partial charge on any atom is -0.478 e. The fourth-order valence-corrected chi connectivity index (χ4v) is 7.83. The summed E-state index contributed by atoms with van der Waals surface area (Å²) in [5.74, 6) is -1.99. The Kier molecular flexibility index (Phi) is 5.04. The Morgan fingerprint density at radius 1 is 1.15 bits per heavy atom. The van der Waals surface area contributed by atoms with E-state index in [1.165, 1.54) is 6.07 Å². The van der Waals surface area contributed by atoms with Crippen LogP contribution in [0.5, 0.6) is 0 Å². The zero-order chi connectivity index (χ0) is 27.5. The Hall–Kier alpha value is -3.46. The molecule has 0 radical (unpaired) electrons. The van der Waals surface area contributed by atoms with Gasteiger partial charge in [0.1, 0.15) is 11.4 Å². The number of hydrogen-bond donors (Lipinski definition) is 2. The Bertz CT molecular complexity index is 1790. The number of nitrogens with one attached hydrogen (secondary N) is 1. The molecule has 1 aliphatic carbocycles. The SMILES string of the molecule is O=C(O)c1ccc2nn3c(c2c1)C[C@H]1C3[C@H](c2cccc(Cl)c2F)[C@]2(C(=O)Nc3cc(Cl)ccc32)N1CC1CC1. The Morgan fingerprint density at radius 3 is 2.75 bits per heavy atom. The van der Waals surface area contributed by atoms with E-state index in [0.717, 1.165) is 29.5 Å². The van der Waals surface area contributed by atoms with Gasteiger partial charge in [0.25, 0.3) is 0 Å². The largest absolute Gasteiger partial charge is 0.478 e. The van der Waals surface area contributed by atoms with Crippen molar-refractivity contribution < 1.29 is 19.1 Å². The monoisotopic (exact) mass is 576 g/mol. The van der Waals surface area contributed by atoms with Crippen molar-refractivity contribution in [3.63, 3.8) is 0 Å². The molecule has 1 aromatic heterocycles. The lowest BCUT2D eigenvalue weighted by Gasteiger charge is -2.40. The zero-order valence-electron chi connectivity index (χ0n) is 21.1. The van der Waals surface area contributed by atoms with Gasteiger partial charge >= 0.3 is 5.97 Å². The van der Waals surface area contributed by atoms with Crippen LogP contribution >= 0.6 is 23.2 Å². The van der Waals surface area contributed by atoms with Gasteiger partial charge in [0, 0.05) is 52.3 Å². The maximum atomic E-state index is 16.0. The van der Waals surface area contributed by atoms with Crippen LogP contribution in [0.2, 0.25) is 10.0 Å². The molecule has 2 fully saturated rings. The van der Waals surface area contributed by atoms with Gasteiger partial charge < -0.3 is 10.4 Å². The minimum atomic E-state index is -1.20. The molecular formula is C30H23Cl2FN4O3.